The van der Waals surface area contributed by atoms with Crippen LogP contribution in [0.4, 0.5) is 5.69 Å². The number of aryl methyl sites for hydroxylation is 1. The van der Waals surface area contributed by atoms with Gasteiger partial charge >= 0.3 is 0 Å². The zero-order valence-corrected chi connectivity index (χ0v) is 12.2. The van der Waals surface area contributed by atoms with Crippen molar-refractivity contribution in [3.63, 3.8) is 0 Å². The third-order valence-corrected chi connectivity index (χ3v) is 5.29. The summed E-state index contributed by atoms with van der Waals surface area (Å²) in [6.07, 6.45) is 2.76. The summed E-state index contributed by atoms with van der Waals surface area (Å²) in [4.78, 5) is 0. The minimum absolute atomic E-state index is 0.150. The molecule has 0 aromatic heterocycles. The van der Waals surface area contributed by atoms with Crippen molar-refractivity contribution in [3.05, 3.63) is 29.3 Å². The lowest BCUT2D eigenvalue weighted by Gasteiger charge is -2.28. The van der Waals surface area contributed by atoms with Crippen LogP contribution in [0.2, 0.25) is 0 Å². The SMILES string of the molecule is CCN(C)S(=O)(=O)NC1CCCc2cc(N)ccc21. The third-order valence-electron chi connectivity index (χ3n) is 3.63. The fourth-order valence-corrected chi connectivity index (χ4v) is 3.52. The van der Waals surface area contributed by atoms with E-state index >= 15 is 0 Å². The standard InChI is InChI=1S/C13H21N3O2S/c1-3-16(2)19(17,18)15-13-6-4-5-10-9-11(14)7-8-12(10)13/h7-9,13,15H,3-6,14H2,1-2H3. The van der Waals surface area contributed by atoms with Crippen LogP contribution in [0, 0.1) is 0 Å². The summed E-state index contributed by atoms with van der Waals surface area (Å²) in [6.45, 7) is 2.27. The summed E-state index contributed by atoms with van der Waals surface area (Å²) in [5.74, 6) is 0. The smallest absolute Gasteiger partial charge is 0.279 e. The first kappa shape index (κ1) is 14.3. The maximum atomic E-state index is 12.1. The molecule has 0 saturated heterocycles. The van der Waals surface area contributed by atoms with Gasteiger partial charge in [0.2, 0.25) is 0 Å². The van der Waals surface area contributed by atoms with E-state index in [0.717, 1.165) is 36.1 Å². The molecular formula is C13H21N3O2S. The largest absolute Gasteiger partial charge is 0.399 e. The molecule has 0 bridgehead atoms. The minimum Gasteiger partial charge on any atom is -0.399 e. The van der Waals surface area contributed by atoms with E-state index in [4.69, 9.17) is 5.73 Å². The molecule has 0 amide bonds. The fourth-order valence-electron chi connectivity index (χ4n) is 2.40. The number of nitrogens with one attached hydrogen (secondary N) is 1. The maximum absolute atomic E-state index is 12.1. The number of anilines is 1. The van der Waals surface area contributed by atoms with Crippen molar-refractivity contribution >= 4 is 15.9 Å². The first-order valence-corrected chi connectivity index (χ1v) is 8.00. The van der Waals surface area contributed by atoms with Gasteiger partial charge in [-0.1, -0.05) is 13.0 Å². The van der Waals surface area contributed by atoms with Crippen LogP contribution in [0.3, 0.4) is 0 Å². The Morgan fingerprint density at radius 2 is 2.21 bits per heavy atom. The van der Waals surface area contributed by atoms with Gasteiger partial charge in [0, 0.05) is 25.3 Å². The summed E-state index contributed by atoms with van der Waals surface area (Å²) in [6, 6.07) is 5.56. The summed E-state index contributed by atoms with van der Waals surface area (Å²) in [5, 5.41) is 0. The number of hydrogen-bond acceptors (Lipinski definition) is 3. The Morgan fingerprint density at radius 3 is 2.89 bits per heavy atom. The van der Waals surface area contributed by atoms with E-state index in [2.05, 4.69) is 4.72 Å². The number of fused-ring (bicyclic) bond motifs is 1. The topological polar surface area (TPSA) is 75.4 Å². The molecular weight excluding hydrogens is 262 g/mol. The summed E-state index contributed by atoms with van der Waals surface area (Å²) < 4.78 is 28.3. The van der Waals surface area contributed by atoms with Crippen molar-refractivity contribution in [2.24, 2.45) is 0 Å². The van der Waals surface area contributed by atoms with Gasteiger partial charge in [0.15, 0.2) is 0 Å². The van der Waals surface area contributed by atoms with Crippen LogP contribution in [0.5, 0.6) is 0 Å². The summed E-state index contributed by atoms with van der Waals surface area (Å²) in [5.41, 5.74) is 8.71. The molecule has 1 aliphatic rings. The molecule has 0 fully saturated rings. The van der Waals surface area contributed by atoms with Crippen LogP contribution in [0.1, 0.15) is 36.9 Å². The Labute approximate surface area is 115 Å². The number of benzene rings is 1. The molecule has 1 aromatic carbocycles. The number of nitrogens with two attached hydrogens (primary N) is 1. The lowest BCUT2D eigenvalue weighted by Crippen LogP contribution is -2.40. The Bertz CT molecular complexity index is 557. The normalized spacial score (nSPS) is 19.4. The highest BCUT2D eigenvalue weighted by Gasteiger charge is 2.26. The van der Waals surface area contributed by atoms with Crippen LogP contribution in [0.15, 0.2) is 18.2 Å². The number of rotatable bonds is 4. The number of nitrogen functional groups attached to an aromatic ring is 1. The van der Waals surface area contributed by atoms with Crippen molar-refractivity contribution in [2.75, 3.05) is 19.3 Å². The van der Waals surface area contributed by atoms with Crippen LogP contribution >= 0.6 is 0 Å². The highest BCUT2D eigenvalue weighted by atomic mass is 32.2. The maximum Gasteiger partial charge on any atom is 0.279 e. The first-order valence-electron chi connectivity index (χ1n) is 6.56. The Kier molecular flexibility index (Phi) is 4.13. The molecule has 3 N–H and O–H groups in total. The molecule has 0 aliphatic heterocycles. The molecule has 106 valence electrons. The molecule has 1 atom stereocenters. The van der Waals surface area contributed by atoms with Gasteiger partial charge in [0.05, 0.1) is 0 Å². The molecule has 2 rings (SSSR count). The molecule has 0 heterocycles. The fraction of sp³-hybridized carbons (Fsp3) is 0.538. The van der Waals surface area contributed by atoms with Crippen LogP contribution in [-0.4, -0.2) is 26.3 Å². The van der Waals surface area contributed by atoms with Gasteiger partial charge in [-0.15, -0.1) is 0 Å². The molecule has 0 radical (unpaired) electrons. The van der Waals surface area contributed by atoms with E-state index < -0.39 is 10.2 Å². The minimum atomic E-state index is -3.41. The predicted molar refractivity (Wildman–Crippen MR) is 76.9 cm³/mol. The molecule has 19 heavy (non-hydrogen) atoms. The van der Waals surface area contributed by atoms with E-state index in [9.17, 15) is 8.42 Å². The monoisotopic (exact) mass is 283 g/mol. The molecule has 1 aliphatic carbocycles. The number of nitrogens with zero attached hydrogens (tertiary/aromatic N) is 1. The van der Waals surface area contributed by atoms with E-state index in [1.54, 1.807) is 7.05 Å². The van der Waals surface area contributed by atoms with Gasteiger partial charge in [-0.2, -0.15) is 17.4 Å². The quantitative estimate of drug-likeness (QED) is 0.821. The zero-order valence-electron chi connectivity index (χ0n) is 11.4. The van der Waals surface area contributed by atoms with Gasteiger partial charge in [0.25, 0.3) is 10.2 Å². The highest BCUT2D eigenvalue weighted by Crippen LogP contribution is 2.31. The van der Waals surface area contributed by atoms with Gasteiger partial charge in [-0.25, -0.2) is 0 Å². The molecule has 1 unspecified atom stereocenters. The van der Waals surface area contributed by atoms with Crippen molar-refractivity contribution in [1.82, 2.24) is 9.03 Å². The molecule has 5 nitrogen and oxygen atoms in total. The predicted octanol–water partition coefficient (Wildman–Crippen LogP) is 1.43. The van der Waals surface area contributed by atoms with Crippen molar-refractivity contribution < 1.29 is 8.42 Å². The van der Waals surface area contributed by atoms with E-state index in [1.165, 1.54) is 4.31 Å². The highest BCUT2D eigenvalue weighted by molar-refractivity contribution is 7.87. The van der Waals surface area contributed by atoms with Crippen LogP contribution < -0.4 is 10.5 Å². The molecule has 6 heteroatoms. The van der Waals surface area contributed by atoms with Gasteiger partial charge in [0.1, 0.15) is 0 Å². The van der Waals surface area contributed by atoms with Crippen molar-refractivity contribution in [1.29, 1.82) is 0 Å². The molecule has 0 saturated carbocycles. The Morgan fingerprint density at radius 1 is 1.47 bits per heavy atom. The first-order chi connectivity index (χ1) is 8.94. The number of hydrogen-bond donors (Lipinski definition) is 2. The second kappa shape index (κ2) is 5.48. The average Bonchev–Trinajstić information content (AvgIpc) is 2.37. The Hall–Kier alpha value is -1.11. The summed E-state index contributed by atoms with van der Waals surface area (Å²) in [7, 11) is -1.83. The van der Waals surface area contributed by atoms with Gasteiger partial charge < -0.3 is 5.73 Å². The second-order valence-electron chi connectivity index (χ2n) is 4.94. The summed E-state index contributed by atoms with van der Waals surface area (Å²) >= 11 is 0. The average molecular weight is 283 g/mol. The van der Waals surface area contributed by atoms with E-state index in [0.29, 0.717) is 6.54 Å². The van der Waals surface area contributed by atoms with E-state index in [-0.39, 0.29) is 6.04 Å². The lowest BCUT2D eigenvalue weighted by atomic mass is 9.88. The van der Waals surface area contributed by atoms with E-state index in [1.807, 2.05) is 25.1 Å². The van der Waals surface area contributed by atoms with Crippen LogP contribution in [0.25, 0.3) is 0 Å². The zero-order chi connectivity index (χ0) is 14.0. The van der Waals surface area contributed by atoms with Crippen molar-refractivity contribution in [2.45, 2.75) is 32.2 Å². The van der Waals surface area contributed by atoms with Gasteiger partial charge in [-0.3, -0.25) is 0 Å². The molecule has 0 spiro atoms. The second-order valence-corrected chi connectivity index (χ2v) is 6.75. The molecule has 1 aromatic rings. The van der Waals surface area contributed by atoms with Gasteiger partial charge in [-0.05, 0) is 42.5 Å². The third kappa shape index (κ3) is 3.08. The Balaban J connectivity index is 2.25. The lowest BCUT2D eigenvalue weighted by molar-refractivity contribution is 0.445. The van der Waals surface area contributed by atoms with Crippen LogP contribution in [-0.2, 0) is 16.6 Å². The van der Waals surface area contributed by atoms with Crippen molar-refractivity contribution in [3.8, 4) is 0 Å².